The topological polar surface area (TPSA) is 24.8 Å². The van der Waals surface area contributed by atoms with E-state index in [0.717, 1.165) is 26.2 Å². The highest BCUT2D eigenvalue weighted by Crippen LogP contribution is 2.19. The number of benzene rings is 2. The normalized spacial score (nSPS) is 15.8. The Kier molecular flexibility index (Phi) is 5.31. The van der Waals surface area contributed by atoms with Gasteiger partial charge in [0.2, 0.25) is 5.91 Å². The number of piperazine rings is 1. The highest BCUT2D eigenvalue weighted by atomic mass is 35.5. The van der Waals surface area contributed by atoms with Crippen LogP contribution in [0.4, 0.5) is 0 Å². The van der Waals surface area contributed by atoms with E-state index in [-0.39, 0.29) is 11.8 Å². The summed E-state index contributed by atoms with van der Waals surface area (Å²) in [5.41, 5.74) is 2.65. The average molecular weight is 330 g/mol. The van der Waals surface area contributed by atoms with Crippen LogP contribution < -0.4 is 4.90 Å². The van der Waals surface area contributed by atoms with Crippen molar-refractivity contribution in [3.05, 3.63) is 71.8 Å². The van der Waals surface area contributed by atoms with Gasteiger partial charge in [-0.25, -0.2) is 0 Å². The fourth-order valence-corrected chi connectivity index (χ4v) is 3.54. The van der Waals surface area contributed by atoms with Crippen molar-refractivity contribution >= 4 is 17.5 Å². The van der Waals surface area contributed by atoms with Gasteiger partial charge in [0.15, 0.2) is 0 Å². The second-order valence-corrected chi connectivity index (χ2v) is 6.19. The molecule has 0 unspecified atom stereocenters. The first-order valence-electron chi connectivity index (χ1n) is 8.08. The molecule has 0 bridgehead atoms. The summed E-state index contributed by atoms with van der Waals surface area (Å²) in [7, 11) is 0. The van der Waals surface area contributed by atoms with E-state index in [9.17, 15) is 4.79 Å². The predicted octanol–water partition coefficient (Wildman–Crippen LogP) is 1.74. The number of alkyl halides is 1. The Morgan fingerprint density at radius 3 is 1.87 bits per heavy atom. The van der Waals surface area contributed by atoms with Crippen molar-refractivity contribution in [1.82, 2.24) is 4.90 Å². The van der Waals surface area contributed by atoms with Crippen LogP contribution in [0.2, 0.25) is 0 Å². The molecular weight excluding hydrogens is 308 g/mol. The maximum Gasteiger partial charge on any atom is 0.237 e. The van der Waals surface area contributed by atoms with Gasteiger partial charge in [-0.05, 0) is 0 Å². The van der Waals surface area contributed by atoms with Crippen LogP contribution in [-0.4, -0.2) is 42.9 Å². The summed E-state index contributed by atoms with van der Waals surface area (Å²) in [5.74, 6) is 0.123. The molecule has 0 aliphatic carbocycles. The maximum absolute atomic E-state index is 11.8. The molecule has 1 saturated heterocycles. The summed E-state index contributed by atoms with van der Waals surface area (Å²) < 4.78 is 0. The highest BCUT2D eigenvalue weighted by Gasteiger charge is 2.31. The van der Waals surface area contributed by atoms with E-state index in [0.29, 0.717) is 6.04 Å². The number of rotatable bonds is 4. The Hall–Kier alpha value is -1.84. The van der Waals surface area contributed by atoms with Crippen molar-refractivity contribution in [2.24, 2.45) is 0 Å². The summed E-state index contributed by atoms with van der Waals surface area (Å²) in [6.45, 7) is 3.43. The second kappa shape index (κ2) is 7.62. The zero-order valence-corrected chi connectivity index (χ0v) is 13.9. The molecule has 0 radical (unpaired) electrons. The summed E-state index contributed by atoms with van der Waals surface area (Å²) in [6.07, 6.45) is 0. The minimum absolute atomic E-state index is 0.0432. The van der Waals surface area contributed by atoms with Crippen molar-refractivity contribution in [3.63, 3.8) is 0 Å². The Bertz CT molecular complexity index is 585. The number of nitrogens with zero attached hydrogens (tertiary/aromatic N) is 1. The van der Waals surface area contributed by atoms with E-state index in [1.165, 1.54) is 16.0 Å². The third-order valence-corrected chi connectivity index (χ3v) is 4.78. The van der Waals surface area contributed by atoms with Crippen molar-refractivity contribution in [3.8, 4) is 0 Å². The average Bonchev–Trinajstić information content (AvgIpc) is 2.64. The lowest BCUT2D eigenvalue weighted by molar-refractivity contribution is -0.929. The minimum Gasteiger partial charge on any atom is -0.330 e. The first kappa shape index (κ1) is 16.0. The number of quaternary nitrogens is 1. The van der Waals surface area contributed by atoms with Crippen molar-refractivity contribution in [1.29, 1.82) is 0 Å². The summed E-state index contributed by atoms with van der Waals surface area (Å²) in [6, 6.07) is 21.6. The van der Waals surface area contributed by atoms with Crippen LogP contribution in [-0.2, 0) is 4.79 Å². The van der Waals surface area contributed by atoms with Gasteiger partial charge in [0, 0.05) is 11.1 Å². The number of halogens is 1. The molecule has 3 rings (SSSR count). The van der Waals surface area contributed by atoms with Gasteiger partial charge >= 0.3 is 0 Å². The van der Waals surface area contributed by atoms with Gasteiger partial charge < -0.3 is 9.80 Å². The SMILES string of the molecule is O=C(CCl)N1CC[NH+](C(c2ccccc2)c2ccccc2)CC1. The number of carbonyl (C=O) groups is 1. The Balaban J connectivity index is 1.82. The fraction of sp³-hybridized carbons (Fsp3) is 0.316. The van der Waals surface area contributed by atoms with Gasteiger partial charge in [-0.2, -0.15) is 0 Å². The second-order valence-electron chi connectivity index (χ2n) is 5.93. The van der Waals surface area contributed by atoms with E-state index >= 15 is 0 Å². The molecule has 4 heteroatoms. The zero-order chi connectivity index (χ0) is 16.1. The van der Waals surface area contributed by atoms with Gasteiger partial charge in [0.05, 0.1) is 26.2 Å². The number of amides is 1. The van der Waals surface area contributed by atoms with Crippen LogP contribution in [0.5, 0.6) is 0 Å². The maximum atomic E-state index is 11.8. The number of hydrogen-bond acceptors (Lipinski definition) is 1. The van der Waals surface area contributed by atoms with E-state index in [2.05, 4.69) is 60.7 Å². The van der Waals surface area contributed by atoms with Crippen LogP contribution >= 0.6 is 11.6 Å². The first-order valence-corrected chi connectivity index (χ1v) is 8.61. The van der Waals surface area contributed by atoms with Crippen LogP contribution in [0.1, 0.15) is 17.2 Å². The molecule has 120 valence electrons. The number of hydrogen-bond donors (Lipinski definition) is 1. The van der Waals surface area contributed by atoms with Crippen LogP contribution in [0.15, 0.2) is 60.7 Å². The third-order valence-electron chi connectivity index (χ3n) is 4.55. The lowest BCUT2D eigenvalue weighted by atomic mass is 9.96. The van der Waals surface area contributed by atoms with Crippen molar-refractivity contribution in [2.75, 3.05) is 32.1 Å². The number of carbonyl (C=O) groups excluding carboxylic acids is 1. The molecule has 2 aromatic rings. The van der Waals surface area contributed by atoms with Crippen LogP contribution in [0.25, 0.3) is 0 Å². The quantitative estimate of drug-likeness (QED) is 0.849. The lowest BCUT2D eigenvalue weighted by Crippen LogP contribution is -3.15. The smallest absolute Gasteiger partial charge is 0.237 e. The molecule has 1 amide bonds. The molecule has 2 aromatic carbocycles. The fourth-order valence-electron chi connectivity index (χ4n) is 3.37. The van der Waals surface area contributed by atoms with Crippen molar-refractivity contribution < 1.29 is 9.69 Å². The molecule has 0 saturated carbocycles. The minimum atomic E-state index is 0.0432. The Morgan fingerprint density at radius 1 is 0.957 bits per heavy atom. The monoisotopic (exact) mass is 329 g/mol. The van der Waals surface area contributed by atoms with Crippen molar-refractivity contribution in [2.45, 2.75) is 6.04 Å². The lowest BCUT2D eigenvalue weighted by Gasteiger charge is -2.36. The molecule has 1 heterocycles. The number of nitrogens with one attached hydrogen (secondary N) is 1. The molecule has 1 aliphatic rings. The van der Waals surface area contributed by atoms with E-state index in [4.69, 9.17) is 11.6 Å². The van der Waals surface area contributed by atoms with Gasteiger partial charge in [-0.3, -0.25) is 4.79 Å². The van der Waals surface area contributed by atoms with Gasteiger partial charge in [0.1, 0.15) is 11.9 Å². The molecule has 0 spiro atoms. The van der Waals surface area contributed by atoms with E-state index < -0.39 is 0 Å². The summed E-state index contributed by atoms with van der Waals surface area (Å²) in [4.78, 5) is 15.1. The molecule has 1 N–H and O–H groups in total. The van der Waals surface area contributed by atoms with Gasteiger partial charge in [-0.1, -0.05) is 60.7 Å². The molecular formula is C19H22ClN2O+. The van der Waals surface area contributed by atoms with Crippen LogP contribution in [0, 0.1) is 0 Å². The zero-order valence-electron chi connectivity index (χ0n) is 13.1. The summed E-state index contributed by atoms with van der Waals surface area (Å²) in [5, 5.41) is 0. The summed E-state index contributed by atoms with van der Waals surface area (Å²) >= 11 is 5.68. The Morgan fingerprint density at radius 2 is 1.43 bits per heavy atom. The Labute approximate surface area is 142 Å². The van der Waals surface area contributed by atoms with Crippen LogP contribution in [0.3, 0.4) is 0 Å². The molecule has 23 heavy (non-hydrogen) atoms. The third kappa shape index (κ3) is 3.74. The van der Waals surface area contributed by atoms with Gasteiger partial charge in [-0.15, -0.1) is 11.6 Å². The molecule has 3 nitrogen and oxygen atoms in total. The standard InChI is InChI=1S/C19H21ClN2O/c20-15-18(23)21-11-13-22(14-12-21)19(16-7-3-1-4-8-16)17-9-5-2-6-10-17/h1-10,19H,11-15H2/p+1. The van der Waals surface area contributed by atoms with E-state index in [1.807, 2.05) is 4.90 Å². The molecule has 0 aromatic heterocycles. The highest BCUT2D eigenvalue weighted by molar-refractivity contribution is 6.27. The molecule has 1 fully saturated rings. The molecule has 1 aliphatic heterocycles. The van der Waals surface area contributed by atoms with E-state index in [1.54, 1.807) is 0 Å². The molecule has 0 atom stereocenters. The van der Waals surface area contributed by atoms with Gasteiger partial charge in [0.25, 0.3) is 0 Å². The first-order chi connectivity index (χ1) is 11.3. The predicted molar refractivity (Wildman–Crippen MR) is 92.7 cm³/mol. The largest absolute Gasteiger partial charge is 0.330 e.